The molecule has 27 heavy (non-hydrogen) atoms. The van der Waals surface area contributed by atoms with Crippen LogP contribution in [0.15, 0.2) is 54.6 Å². The first-order valence-electron chi connectivity index (χ1n) is 8.04. The molecule has 3 aromatic rings. The summed E-state index contributed by atoms with van der Waals surface area (Å²) in [7, 11) is 1.57. The topological polar surface area (TPSA) is 59.1 Å². The number of methoxy groups -OCH3 is 1. The van der Waals surface area contributed by atoms with Crippen LogP contribution in [0.5, 0.6) is 5.75 Å². The van der Waals surface area contributed by atoms with E-state index in [9.17, 15) is 13.2 Å². The normalized spacial score (nSPS) is 11.1. The monoisotopic (exact) mass is 374 g/mol. The highest BCUT2D eigenvalue weighted by Crippen LogP contribution is 2.31. The summed E-state index contributed by atoms with van der Waals surface area (Å²) in [6.07, 6.45) is -4.40. The average molecular weight is 374 g/mol. The van der Waals surface area contributed by atoms with Crippen molar-refractivity contribution in [3.63, 3.8) is 0 Å². The van der Waals surface area contributed by atoms with Crippen LogP contribution in [0, 0.1) is 6.92 Å². The van der Waals surface area contributed by atoms with Gasteiger partial charge in [-0.1, -0.05) is 12.1 Å². The number of nitrogens with one attached hydrogen (secondary N) is 2. The van der Waals surface area contributed by atoms with Crippen molar-refractivity contribution in [2.45, 2.75) is 13.1 Å². The first-order chi connectivity index (χ1) is 12.8. The Morgan fingerprint density at radius 1 is 0.852 bits per heavy atom. The Morgan fingerprint density at radius 3 is 2.04 bits per heavy atom. The van der Waals surface area contributed by atoms with E-state index in [0.717, 1.165) is 17.8 Å². The maximum Gasteiger partial charge on any atom is 0.416 e. The summed E-state index contributed by atoms with van der Waals surface area (Å²) in [4.78, 5) is 8.53. The smallest absolute Gasteiger partial charge is 0.416 e. The Bertz CT molecular complexity index is 944. The lowest BCUT2D eigenvalue weighted by Crippen LogP contribution is -2.06. The average Bonchev–Trinajstić information content (AvgIpc) is 2.61. The van der Waals surface area contributed by atoms with Gasteiger partial charge in [0.05, 0.1) is 12.7 Å². The molecule has 1 aromatic heterocycles. The zero-order valence-electron chi connectivity index (χ0n) is 14.6. The van der Waals surface area contributed by atoms with E-state index in [1.165, 1.54) is 6.07 Å². The van der Waals surface area contributed by atoms with Gasteiger partial charge in [-0.15, -0.1) is 0 Å². The molecule has 0 aliphatic rings. The molecular weight excluding hydrogens is 357 g/mol. The standard InChI is InChI=1S/C19H17F3N4O/c1-12-23-17(25-14-6-3-5-13(9-14)19(20,21)22)11-18(24-12)26-15-7-4-8-16(10-15)27-2/h3-11H,1-2H3,(H2,23,24,25,26). The molecule has 2 aromatic carbocycles. The Kier molecular flexibility index (Phi) is 5.16. The van der Waals surface area contributed by atoms with Crippen molar-refractivity contribution in [2.24, 2.45) is 0 Å². The SMILES string of the molecule is COc1cccc(Nc2cc(Nc3cccc(C(F)(F)F)c3)nc(C)n2)c1. The van der Waals surface area contributed by atoms with Crippen molar-refractivity contribution in [1.82, 2.24) is 9.97 Å². The number of hydrogen-bond acceptors (Lipinski definition) is 5. The molecule has 0 aliphatic heterocycles. The number of aromatic nitrogens is 2. The lowest BCUT2D eigenvalue weighted by Gasteiger charge is -2.12. The van der Waals surface area contributed by atoms with Gasteiger partial charge in [0.1, 0.15) is 23.2 Å². The first-order valence-corrected chi connectivity index (χ1v) is 8.04. The van der Waals surface area contributed by atoms with E-state index < -0.39 is 11.7 Å². The van der Waals surface area contributed by atoms with Gasteiger partial charge in [0, 0.05) is 23.5 Å². The fraction of sp³-hybridized carbons (Fsp3) is 0.158. The summed E-state index contributed by atoms with van der Waals surface area (Å²) in [6, 6.07) is 13.9. The number of halogens is 3. The van der Waals surface area contributed by atoms with Crippen molar-refractivity contribution < 1.29 is 17.9 Å². The third-order valence-electron chi connectivity index (χ3n) is 3.64. The van der Waals surface area contributed by atoms with Crippen molar-refractivity contribution in [2.75, 3.05) is 17.7 Å². The fourth-order valence-electron chi connectivity index (χ4n) is 2.47. The molecule has 0 fully saturated rings. The molecular formula is C19H17F3N4O. The Morgan fingerprint density at radius 2 is 1.44 bits per heavy atom. The van der Waals surface area contributed by atoms with Crippen molar-refractivity contribution in [3.05, 3.63) is 66.0 Å². The van der Waals surface area contributed by atoms with E-state index in [4.69, 9.17) is 4.74 Å². The molecule has 0 spiro atoms. The number of alkyl halides is 3. The largest absolute Gasteiger partial charge is 0.497 e. The lowest BCUT2D eigenvalue weighted by molar-refractivity contribution is -0.137. The van der Waals surface area contributed by atoms with Crippen LogP contribution >= 0.6 is 0 Å². The minimum Gasteiger partial charge on any atom is -0.497 e. The second-order valence-electron chi connectivity index (χ2n) is 5.75. The van der Waals surface area contributed by atoms with Crippen LogP contribution in [0.3, 0.4) is 0 Å². The fourth-order valence-corrected chi connectivity index (χ4v) is 2.47. The summed E-state index contributed by atoms with van der Waals surface area (Å²) < 4.78 is 43.8. The zero-order valence-corrected chi connectivity index (χ0v) is 14.6. The van der Waals surface area contributed by atoms with E-state index in [1.807, 2.05) is 18.2 Å². The second kappa shape index (κ2) is 7.53. The number of aryl methyl sites for hydroxylation is 1. The highest BCUT2D eigenvalue weighted by Gasteiger charge is 2.30. The van der Waals surface area contributed by atoms with E-state index in [-0.39, 0.29) is 5.69 Å². The van der Waals surface area contributed by atoms with Gasteiger partial charge in [-0.05, 0) is 37.3 Å². The van der Waals surface area contributed by atoms with Crippen LogP contribution in [0.4, 0.5) is 36.2 Å². The molecule has 0 bridgehead atoms. The molecule has 8 heteroatoms. The van der Waals surface area contributed by atoms with Gasteiger partial charge in [-0.25, -0.2) is 9.97 Å². The summed E-state index contributed by atoms with van der Waals surface area (Å²) in [5.74, 6) is 2.04. The Hall–Kier alpha value is -3.29. The summed E-state index contributed by atoms with van der Waals surface area (Å²) in [6.45, 7) is 1.70. The van der Waals surface area contributed by atoms with Gasteiger partial charge in [-0.2, -0.15) is 13.2 Å². The summed E-state index contributed by atoms with van der Waals surface area (Å²) >= 11 is 0. The molecule has 5 nitrogen and oxygen atoms in total. The van der Waals surface area contributed by atoms with Crippen LogP contribution in [-0.2, 0) is 6.18 Å². The maximum absolute atomic E-state index is 12.9. The summed E-state index contributed by atoms with van der Waals surface area (Å²) in [5, 5.41) is 6.02. The molecule has 2 N–H and O–H groups in total. The predicted molar refractivity (Wildman–Crippen MR) is 97.8 cm³/mol. The van der Waals surface area contributed by atoms with Crippen molar-refractivity contribution >= 4 is 23.0 Å². The molecule has 0 amide bonds. The number of rotatable bonds is 5. The zero-order chi connectivity index (χ0) is 19.4. The molecule has 1 heterocycles. The van der Waals surface area contributed by atoms with Crippen LogP contribution in [0.2, 0.25) is 0 Å². The van der Waals surface area contributed by atoms with E-state index in [1.54, 1.807) is 32.2 Å². The van der Waals surface area contributed by atoms with Crippen molar-refractivity contribution in [3.8, 4) is 5.75 Å². The molecule has 0 radical (unpaired) electrons. The van der Waals surface area contributed by atoms with Gasteiger partial charge in [-0.3, -0.25) is 0 Å². The molecule has 0 unspecified atom stereocenters. The molecule has 0 saturated heterocycles. The number of anilines is 4. The molecule has 140 valence electrons. The minimum absolute atomic E-state index is 0.287. The minimum atomic E-state index is -4.40. The quantitative estimate of drug-likeness (QED) is 0.635. The summed E-state index contributed by atoms with van der Waals surface area (Å²) in [5.41, 5.74) is 0.320. The van der Waals surface area contributed by atoms with Gasteiger partial charge in [0.15, 0.2) is 0 Å². The van der Waals surface area contributed by atoms with Gasteiger partial charge in [0.25, 0.3) is 0 Å². The predicted octanol–water partition coefficient (Wildman–Crippen LogP) is 5.30. The third kappa shape index (κ3) is 4.87. The number of ether oxygens (including phenoxy) is 1. The molecule has 0 atom stereocenters. The molecule has 0 saturated carbocycles. The molecule has 0 aliphatic carbocycles. The van der Waals surface area contributed by atoms with E-state index in [0.29, 0.717) is 23.2 Å². The third-order valence-corrected chi connectivity index (χ3v) is 3.64. The number of nitrogens with zero attached hydrogens (tertiary/aromatic N) is 2. The first kappa shape index (κ1) is 18.5. The van der Waals surface area contributed by atoms with Gasteiger partial charge < -0.3 is 15.4 Å². The second-order valence-corrected chi connectivity index (χ2v) is 5.75. The Balaban J connectivity index is 1.83. The highest BCUT2D eigenvalue weighted by molar-refractivity contribution is 5.64. The van der Waals surface area contributed by atoms with Crippen LogP contribution in [0.25, 0.3) is 0 Å². The van der Waals surface area contributed by atoms with Gasteiger partial charge >= 0.3 is 6.18 Å². The maximum atomic E-state index is 12.9. The lowest BCUT2D eigenvalue weighted by atomic mass is 10.2. The van der Waals surface area contributed by atoms with Gasteiger partial charge in [0.2, 0.25) is 0 Å². The van der Waals surface area contributed by atoms with Crippen LogP contribution < -0.4 is 15.4 Å². The van der Waals surface area contributed by atoms with Crippen molar-refractivity contribution in [1.29, 1.82) is 0 Å². The van der Waals surface area contributed by atoms with E-state index in [2.05, 4.69) is 20.6 Å². The number of benzene rings is 2. The van der Waals surface area contributed by atoms with Crippen LogP contribution in [-0.4, -0.2) is 17.1 Å². The highest BCUT2D eigenvalue weighted by atomic mass is 19.4. The molecule has 3 rings (SSSR count). The number of hydrogen-bond donors (Lipinski definition) is 2. The Labute approximate surface area is 154 Å². The van der Waals surface area contributed by atoms with Crippen LogP contribution in [0.1, 0.15) is 11.4 Å². The van der Waals surface area contributed by atoms with E-state index >= 15 is 0 Å².